The third-order valence-electron chi connectivity index (χ3n) is 3.02. The molecule has 2 unspecified atom stereocenters. The fourth-order valence-electron chi connectivity index (χ4n) is 2.28. The molecule has 0 amide bonds. The maximum absolute atomic E-state index is 9.10. The molecular weight excluding hydrogens is 178 g/mol. The minimum absolute atomic E-state index is 0.0133. The number of aliphatic hydroxyl groups is 1. The lowest BCUT2D eigenvalue weighted by atomic mass is 10.1. The fourth-order valence-corrected chi connectivity index (χ4v) is 2.28. The lowest BCUT2D eigenvalue weighted by molar-refractivity contribution is -0.106. The number of morpholine rings is 1. The number of nitrogens with zero attached hydrogens (tertiary/aromatic N) is 1. The van der Waals surface area contributed by atoms with Gasteiger partial charge >= 0.3 is 0 Å². The lowest BCUT2D eigenvalue weighted by Gasteiger charge is -2.40. The first kappa shape index (κ1) is 12.0. The first-order valence-electron chi connectivity index (χ1n) is 5.71. The Bertz CT molecular complexity index is 159. The molecule has 0 aromatic carbocycles. The predicted molar refractivity (Wildman–Crippen MR) is 57.4 cm³/mol. The van der Waals surface area contributed by atoms with Gasteiger partial charge in [-0.25, -0.2) is 0 Å². The molecule has 0 saturated carbocycles. The van der Waals surface area contributed by atoms with E-state index in [2.05, 4.69) is 25.7 Å². The van der Waals surface area contributed by atoms with Crippen LogP contribution in [0, 0.1) is 0 Å². The number of ether oxygens (including phenoxy) is 1. The number of aliphatic hydroxyl groups excluding tert-OH is 1. The first-order valence-corrected chi connectivity index (χ1v) is 5.71. The van der Waals surface area contributed by atoms with Gasteiger partial charge in [-0.2, -0.15) is 0 Å². The lowest BCUT2D eigenvalue weighted by Crippen LogP contribution is -2.51. The van der Waals surface area contributed by atoms with Crippen molar-refractivity contribution in [1.29, 1.82) is 0 Å². The van der Waals surface area contributed by atoms with Gasteiger partial charge in [-0.1, -0.05) is 13.8 Å². The second-order valence-electron chi connectivity index (χ2n) is 4.18. The summed E-state index contributed by atoms with van der Waals surface area (Å²) in [4.78, 5) is 2.45. The molecule has 1 aliphatic heterocycles. The molecule has 1 heterocycles. The number of hydrogen-bond acceptors (Lipinski definition) is 3. The van der Waals surface area contributed by atoms with Gasteiger partial charge in [-0.05, 0) is 19.8 Å². The van der Waals surface area contributed by atoms with E-state index in [-0.39, 0.29) is 18.8 Å². The summed E-state index contributed by atoms with van der Waals surface area (Å²) in [6, 6.07) is 0.649. The summed E-state index contributed by atoms with van der Waals surface area (Å²) in [6.45, 7) is 8.55. The average molecular weight is 201 g/mol. The van der Waals surface area contributed by atoms with Crippen molar-refractivity contribution in [3.8, 4) is 0 Å². The van der Waals surface area contributed by atoms with Crippen LogP contribution >= 0.6 is 0 Å². The van der Waals surface area contributed by atoms with Crippen LogP contribution in [-0.2, 0) is 4.74 Å². The average Bonchev–Trinajstić information content (AvgIpc) is 2.19. The Labute approximate surface area is 87.1 Å². The Hall–Kier alpha value is -0.120. The van der Waals surface area contributed by atoms with Crippen LogP contribution in [0.3, 0.4) is 0 Å². The molecule has 0 radical (unpaired) electrons. The third kappa shape index (κ3) is 2.94. The third-order valence-corrected chi connectivity index (χ3v) is 3.02. The SMILES string of the molecule is CCC(CC)N1CC(C)OC(CO)C1. The van der Waals surface area contributed by atoms with Gasteiger partial charge in [0.05, 0.1) is 18.8 Å². The second-order valence-corrected chi connectivity index (χ2v) is 4.18. The van der Waals surface area contributed by atoms with E-state index in [9.17, 15) is 0 Å². The van der Waals surface area contributed by atoms with E-state index in [0.717, 1.165) is 13.1 Å². The maximum atomic E-state index is 9.10. The zero-order valence-electron chi connectivity index (χ0n) is 9.57. The summed E-state index contributed by atoms with van der Waals surface area (Å²) in [6.07, 6.45) is 2.63. The molecule has 0 bridgehead atoms. The van der Waals surface area contributed by atoms with Gasteiger partial charge in [-0.3, -0.25) is 4.90 Å². The van der Waals surface area contributed by atoms with E-state index in [4.69, 9.17) is 9.84 Å². The van der Waals surface area contributed by atoms with Crippen molar-refractivity contribution < 1.29 is 9.84 Å². The van der Waals surface area contributed by atoms with Gasteiger partial charge in [0.1, 0.15) is 0 Å². The van der Waals surface area contributed by atoms with Crippen molar-refractivity contribution in [3.05, 3.63) is 0 Å². The molecule has 2 atom stereocenters. The topological polar surface area (TPSA) is 32.7 Å². The second kappa shape index (κ2) is 5.69. The molecule has 1 rings (SSSR count). The molecule has 1 aliphatic rings. The van der Waals surface area contributed by atoms with Crippen LogP contribution in [0.15, 0.2) is 0 Å². The molecule has 3 nitrogen and oxygen atoms in total. The standard InChI is InChI=1S/C11H23NO2/c1-4-10(5-2)12-6-9(3)14-11(7-12)8-13/h9-11,13H,4-8H2,1-3H3. The van der Waals surface area contributed by atoms with Crippen LogP contribution in [-0.4, -0.2) is 48.0 Å². The van der Waals surface area contributed by atoms with E-state index in [1.54, 1.807) is 0 Å². The Balaban J connectivity index is 2.51. The zero-order valence-corrected chi connectivity index (χ0v) is 9.57. The van der Waals surface area contributed by atoms with Crippen LogP contribution in [0.2, 0.25) is 0 Å². The van der Waals surface area contributed by atoms with Crippen molar-refractivity contribution in [1.82, 2.24) is 4.90 Å². The molecule has 14 heavy (non-hydrogen) atoms. The molecular formula is C11H23NO2. The fraction of sp³-hybridized carbons (Fsp3) is 1.00. The van der Waals surface area contributed by atoms with Crippen LogP contribution < -0.4 is 0 Å². The van der Waals surface area contributed by atoms with E-state index < -0.39 is 0 Å². The Kier molecular flexibility index (Phi) is 4.85. The highest BCUT2D eigenvalue weighted by Gasteiger charge is 2.27. The molecule has 0 aromatic heterocycles. The van der Waals surface area contributed by atoms with Gasteiger partial charge in [0, 0.05) is 19.1 Å². The van der Waals surface area contributed by atoms with Crippen LogP contribution in [0.25, 0.3) is 0 Å². The minimum atomic E-state index is 0.0133. The molecule has 0 spiro atoms. The minimum Gasteiger partial charge on any atom is -0.394 e. The Morgan fingerprint density at radius 2 is 2.00 bits per heavy atom. The predicted octanol–water partition coefficient (Wildman–Crippen LogP) is 1.26. The molecule has 1 fully saturated rings. The van der Waals surface area contributed by atoms with Gasteiger partial charge in [0.25, 0.3) is 0 Å². The van der Waals surface area contributed by atoms with Crippen LogP contribution in [0.5, 0.6) is 0 Å². The van der Waals surface area contributed by atoms with Crippen molar-refractivity contribution in [2.75, 3.05) is 19.7 Å². The monoisotopic (exact) mass is 201 g/mol. The number of rotatable bonds is 4. The van der Waals surface area contributed by atoms with Crippen LogP contribution in [0.4, 0.5) is 0 Å². The quantitative estimate of drug-likeness (QED) is 0.743. The first-order chi connectivity index (χ1) is 6.71. The Morgan fingerprint density at radius 1 is 1.36 bits per heavy atom. The van der Waals surface area contributed by atoms with Crippen molar-refractivity contribution in [2.24, 2.45) is 0 Å². The smallest absolute Gasteiger partial charge is 0.0936 e. The van der Waals surface area contributed by atoms with Gasteiger partial charge in [0.2, 0.25) is 0 Å². The molecule has 3 heteroatoms. The van der Waals surface area contributed by atoms with Crippen molar-refractivity contribution in [3.63, 3.8) is 0 Å². The van der Waals surface area contributed by atoms with E-state index >= 15 is 0 Å². The number of hydrogen-bond donors (Lipinski definition) is 1. The zero-order chi connectivity index (χ0) is 10.6. The summed E-state index contributed by atoms with van der Waals surface area (Å²) in [5.41, 5.74) is 0. The van der Waals surface area contributed by atoms with E-state index in [0.29, 0.717) is 6.04 Å². The Morgan fingerprint density at radius 3 is 2.50 bits per heavy atom. The highest BCUT2D eigenvalue weighted by Crippen LogP contribution is 2.17. The van der Waals surface area contributed by atoms with E-state index in [1.807, 2.05) is 0 Å². The van der Waals surface area contributed by atoms with Gasteiger partial charge < -0.3 is 9.84 Å². The molecule has 0 aliphatic carbocycles. The van der Waals surface area contributed by atoms with Crippen molar-refractivity contribution in [2.45, 2.75) is 51.9 Å². The maximum Gasteiger partial charge on any atom is 0.0936 e. The molecule has 1 N–H and O–H groups in total. The summed E-state index contributed by atoms with van der Waals surface area (Å²) in [5, 5.41) is 9.10. The molecule has 0 aromatic rings. The van der Waals surface area contributed by atoms with Crippen molar-refractivity contribution >= 4 is 0 Å². The summed E-state index contributed by atoms with van der Waals surface area (Å²) >= 11 is 0. The summed E-state index contributed by atoms with van der Waals surface area (Å²) < 4.78 is 5.61. The van der Waals surface area contributed by atoms with Crippen LogP contribution in [0.1, 0.15) is 33.6 Å². The molecule has 1 saturated heterocycles. The normalized spacial score (nSPS) is 29.8. The van der Waals surface area contributed by atoms with E-state index in [1.165, 1.54) is 12.8 Å². The summed E-state index contributed by atoms with van der Waals surface area (Å²) in [5.74, 6) is 0. The highest BCUT2D eigenvalue weighted by atomic mass is 16.5. The van der Waals surface area contributed by atoms with Gasteiger partial charge in [0.15, 0.2) is 0 Å². The highest BCUT2D eigenvalue weighted by molar-refractivity contribution is 4.79. The molecule has 84 valence electrons. The van der Waals surface area contributed by atoms with Gasteiger partial charge in [-0.15, -0.1) is 0 Å². The summed E-state index contributed by atoms with van der Waals surface area (Å²) in [7, 11) is 0. The largest absolute Gasteiger partial charge is 0.394 e.